The molecule has 330 valence electrons. The molecular formula is C50H52ClN7O6. The summed E-state index contributed by atoms with van der Waals surface area (Å²) in [5.74, 6) is 5.17. The number of ether oxygens (including phenoxy) is 1. The number of nitriles is 2. The van der Waals surface area contributed by atoms with Gasteiger partial charge in [0.25, 0.3) is 5.91 Å². The number of benzene rings is 3. The summed E-state index contributed by atoms with van der Waals surface area (Å²) in [5.41, 5.74) is 2.35. The van der Waals surface area contributed by atoms with Crippen LogP contribution in [0.25, 0.3) is 0 Å². The van der Waals surface area contributed by atoms with Crippen molar-refractivity contribution in [1.29, 1.82) is 10.5 Å². The first-order valence-corrected chi connectivity index (χ1v) is 21.4. The van der Waals surface area contributed by atoms with Crippen LogP contribution in [0.1, 0.15) is 98.8 Å². The standard InChI is InChI=1S/C50H52ClN7O6/c1-48(2,3)42(45(63)58-29-37(59)23-40(58)44(62)55-28-32-12-9-31(25-52)10-13-32)56-41(60)22-36-20-16-33(27-54-36)11-8-30-14-17-34(18-15-30)43(61)57-46-49(4,5)47(50(46,6)7)64-38-21-19-35(26-53)39(51)24-38/h9-10,12-21,24,27,37,40,42,46-47,59H,22-23,28-29H2,1-7H3,(H,55,62)(H,56,60)(H,57,61)/t37-,40+,42-,46-,47-/m1/s1. The molecule has 3 aromatic carbocycles. The molecule has 2 heterocycles. The van der Waals surface area contributed by atoms with Gasteiger partial charge >= 0.3 is 0 Å². The van der Waals surface area contributed by atoms with Gasteiger partial charge in [-0.25, -0.2) is 0 Å². The molecule has 4 amide bonds. The average molecular weight is 882 g/mol. The van der Waals surface area contributed by atoms with Gasteiger partial charge in [-0.05, 0) is 71.6 Å². The van der Waals surface area contributed by atoms with Gasteiger partial charge < -0.3 is 30.7 Å². The molecule has 14 heteroatoms. The Bertz CT molecular complexity index is 2550. The third-order valence-corrected chi connectivity index (χ3v) is 12.2. The van der Waals surface area contributed by atoms with E-state index in [4.69, 9.17) is 21.6 Å². The van der Waals surface area contributed by atoms with Gasteiger partial charge in [0.1, 0.15) is 30.0 Å². The molecule has 0 radical (unpaired) electrons. The summed E-state index contributed by atoms with van der Waals surface area (Å²) in [5, 5.41) is 38.0. The van der Waals surface area contributed by atoms with Gasteiger partial charge in [0.15, 0.2) is 0 Å². The fourth-order valence-corrected chi connectivity index (χ4v) is 8.98. The Morgan fingerprint density at radius 1 is 0.906 bits per heavy atom. The van der Waals surface area contributed by atoms with Gasteiger partial charge in [-0.15, -0.1) is 0 Å². The van der Waals surface area contributed by atoms with Crippen LogP contribution in [0, 0.1) is 50.7 Å². The van der Waals surface area contributed by atoms with Crippen LogP contribution in [0.15, 0.2) is 85.1 Å². The van der Waals surface area contributed by atoms with Crippen LogP contribution >= 0.6 is 11.6 Å². The molecule has 1 saturated carbocycles. The number of amides is 4. The quantitative estimate of drug-likeness (QED) is 0.134. The van der Waals surface area contributed by atoms with Crippen molar-refractivity contribution in [3.8, 4) is 29.7 Å². The van der Waals surface area contributed by atoms with E-state index in [-0.39, 0.29) is 44.0 Å². The zero-order chi connectivity index (χ0) is 46.6. The van der Waals surface area contributed by atoms with Crippen LogP contribution < -0.4 is 20.7 Å². The molecule has 1 aliphatic carbocycles. The highest BCUT2D eigenvalue weighted by atomic mass is 35.5. The van der Waals surface area contributed by atoms with Crippen LogP contribution in [0.4, 0.5) is 0 Å². The van der Waals surface area contributed by atoms with Crippen molar-refractivity contribution >= 4 is 35.2 Å². The lowest BCUT2D eigenvalue weighted by Crippen LogP contribution is -2.74. The summed E-state index contributed by atoms with van der Waals surface area (Å²) in [7, 11) is 0. The van der Waals surface area contributed by atoms with Crippen molar-refractivity contribution in [1.82, 2.24) is 25.8 Å². The van der Waals surface area contributed by atoms with Gasteiger partial charge in [-0.1, -0.05) is 84.0 Å². The van der Waals surface area contributed by atoms with Crippen LogP contribution in [-0.4, -0.2) is 75.5 Å². The molecule has 3 atom stereocenters. The molecule has 1 saturated heterocycles. The molecule has 2 fully saturated rings. The summed E-state index contributed by atoms with van der Waals surface area (Å²) >= 11 is 6.23. The highest BCUT2D eigenvalue weighted by Gasteiger charge is 2.64. The van der Waals surface area contributed by atoms with Gasteiger partial charge in [0.05, 0.1) is 34.7 Å². The van der Waals surface area contributed by atoms with Gasteiger partial charge in [-0.2, -0.15) is 10.5 Å². The number of β-amino-alcohol motifs (C(OH)–C–C–N with tert-alkyl or cyclic N) is 1. The van der Waals surface area contributed by atoms with Crippen molar-refractivity contribution in [2.45, 2.75) is 98.2 Å². The minimum absolute atomic E-state index is 0.0473. The first-order chi connectivity index (χ1) is 30.2. The normalized spacial score (nSPS) is 19.9. The van der Waals surface area contributed by atoms with Crippen molar-refractivity contribution in [3.05, 3.63) is 129 Å². The summed E-state index contributed by atoms with van der Waals surface area (Å²) in [6.45, 7) is 13.8. The minimum atomic E-state index is -0.993. The number of aliphatic hydroxyl groups is 1. The van der Waals surface area contributed by atoms with E-state index in [0.29, 0.717) is 44.3 Å². The number of rotatable bonds is 11. The summed E-state index contributed by atoms with van der Waals surface area (Å²) < 4.78 is 6.34. The Kier molecular flexibility index (Phi) is 13.8. The first kappa shape index (κ1) is 46.8. The third kappa shape index (κ3) is 10.5. The maximum Gasteiger partial charge on any atom is 0.251 e. The van der Waals surface area contributed by atoms with Crippen LogP contribution in [-0.2, 0) is 27.3 Å². The fraction of sp³-hybridized carbons (Fsp3) is 0.380. The van der Waals surface area contributed by atoms with E-state index in [0.717, 1.165) is 5.56 Å². The van der Waals surface area contributed by atoms with E-state index in [9.17, 15) is 29.5 Å². The van der Waals surface area contributed by atoms with Crippen molar-refractivity contribution < 1.29 is 29.0 Å². The minimum Gasteiger partial charge on any atom is -0.489 e. The molecule has 4 N–H and O–H groups in total. The number of carbonyl (C=O) groups is 4. The SMILES string of the molecule is CC(C)(C)[C@H](NC(=O)Cc1ccc(C#Cc2ccc(C(=O)N[C@H]3C(C)(C)[C@H](Oc4ccc(C#N)c(Cl)c4)C3(C)C)cc2)cn1)C(=O)N1C[C@H](O)C[C@H]1C(=O)NCc1ccc(C#N)cc1. The van der Waals surface area contributed by atoms with E-state index in [2.05, 4.69) is 44.9 Å². The number of hydrogen-bond acceptors (Lipinski definition) is 9. The second-order valence-corrected chi connectivity index (χ2v) is 19.0. The topological polar surface area (TPSA) is 198 Å². The molecule has 4 aromatic rings. The molecule has 64 heavy (non-hydrogen) atoms. The molecule has 0 bridgehead atoms. The van der Waals surface area contributed by atoms with E-state index < -0.39 is 52.2 Å². The van der Waals surface area contributed by atoms with Gasteiger partial charge in [0.2, 0.25) is 17.7 Å². The predicted molar refractivity (Wildman–Crippen MR) is 240 cm³/mol. The number of nitrogens with one attached hydrogen (secondary N) is 3. The maximum atomic E-state index is 14.0. The zero-order valence-corrected chi connectivity index (χ0v) is 37.7. The average Bonchev–Trinajstić information content (AvgIpc) is 3.66. The van der Waals surface area contributed by atoms with Crippen LogP contribution in [0.5, 0.6) is 5.75 Å². The van der Waals surface area contributed by atoms with Crippen molar-refractivity contribution in [3.63, 3.8) is 0 Å². The molecule has 2 aliphatic rings. The zero-order valence-electron chi connectivity index (χ0n) is 37.0. The molecule has 1 aliphatic heterocycles. The maximum absolute atomic E-state index is 14.0. The third-order valence-electron chi connectivity index (χ3n) is 11.9. The van der Waals surface area contributed by atoms with E-state index >= 15 is 0 Å². The van der Waals surface area contributed by atoms with Crippen LogP contribution in [0.2, 0.25) is 5.02 Å². The summed E-state index contributed by atoms with van der Waals surface area (Å²) in [6.07, 6.45) is 0.383. The Labute approximate surface area is 379 Å². The molecular weight excluding hydrogens is 830 g/mol. The number of hydrogen-bond donors (Lipinski definition) is 4. The first-order valence-electron chi connectivity index (χ1n) is 21.0. The Hall–Kier alpha value is -6.72. The molecule has 6 rings (SSSR count). The fourth-order valence-electron chi connectivity index (χ4n) is 8.76. The number of halogens is 1. The van der Waals surface area contributed by atoms with E-state index in [1.54, 1.807) is 85.1 Å². The monoisotopic (exact) mass is 881 g/mol. The van der Waals surface area contributed by atoms with Crippen molar-refractivity contribution in [2.75, 3.05) is 6.54 Å². The lowest BCUT2D eigenvalue weighted by atomic mass is 9.49. The van der Waals surface area contributed by atoms with Crippen molar-refractivity contribution in [2.24, 2.45) is 16.2 Å². The number of carbonyl (C=O) groups excluding carboxylic acids is 4. The van der Waals surface area contributed by atoms with E-state index in [1.165, 1.54) is 4.90 Å². The number of pyridine rings is 1. The highest BCUT2D eigenvalue weighted by Crippen LogP contribution is 2.55. The second kappa shape index (κ2) is 18.9. The van der Waals surface area contributed by atoms with Crippen LogP contribution in [0.3, 0.4) is 0 Å². The molecule has 0 spiro atoms. The van der Waals surface area contributed by atoms with Gasteiger partial charge in [-0.3, -0.25) is 24.2 Å². The molecule has 1 aromatic heterocycles. The summed E-state index contributed by atoms with van der Waals surface area (Å²) in [4.78, 5) is 59.8. The number of aromatic nitrogens is 1. The molecule has 13 nitrogen and oxygen atoms in total. The molecule has 0 unspecified atom stereocenters. The Morgan fingerprint density at radius 3 is 2.14 bits per heavy atom. The number of nitrogens with zero attached hydrogens (tertiary/aromatic N) is 4. The number of likely N-dealkylation sites (tertiary alicyclic amines) is 1. The largest absolute Gasteiger partial charge is 0.489 e. The second-order valence-electron chi connectivity index (χ2n) is 18.6. The van der Waals surface area contributed by atoms with E-state index in [1.807, 2.05) is 48.5 Å². The highest BCUT2D eigenvalue weighted by molar-refractivity contribution is 6.31. The Morgan fingerprint density at radius 2 is 1.55 bits per heavy atom. The Balaban J connectivity index is 1.01. The number of aliphatic hydroxyl groups excluding tert-OH is 1. The lowest BCUT2D eigenvalue weighted by molar-refractivity contribution is -0.164. The lowest BCUT2D eigenvalue weighted by Gasteiger charge is -2.63. The smallest absolute Gasteiger partial charge is 0.251 e. The summed E-state index contributed by atoms with van der Waals surface area (Å²) in [6, 6.07) is 24.2. The predicted octanol–water partition coefficient (Wildman–Crippen LogP) is 5.84. The van der Waals surface area contributed by atoms with Gasteiger partial charge in [0, 0.05) is 71.0 Å².